The Morgan fingerprint density at radius 1 is 1.09 bits per heavy atom. The van der Waals surface area contributed by atoms with Gasteiger partial charge >= 0.3 is 6.18 Å². The number of Topliss-reactive ketones (excluding diaryl/α,β-unsaturated/α-hetero) is 2. The van der Waals surface area contributed by atoms with Crippen LogP contribution in [0.3, 0.4) is 0 Å². The van der Waals surface area contributed by atoms with Gasteiger partial charge in [-0.15, -0.1) is 5.92 Å². The summed E-state index contributed by atoms with van der Waals surface area (Å²) < 4.78 is 37.2. The zero-order valence-electron chi connectivity index (χ0n) is 18.7. The molecular formula is C25H28F3NO3. The lowest BCUT2D eigenvalue weighted by Gasteiger charge is -2.45. The van der Waals surface area contributed by atoms with Crippen molar-refractivity contribution in [3.8, 4) is 11.8 Å². The highest BCUT2D eigenvalue weighted by Crippen LogP contribution is 2.46. The van der Waals surface area contributed by atoms with Gasteiger partial charge in [0, 0.05) is 37.9 Å². The quantitative estimate of drug-likeness (QED) is 0.501. The molecule has 0 radical (unpaired) electrons. The standard InChI is InChI=1S/C25H28F3NO3/c1-4-5-18-12-16(2)22(17(3)13-18)23-19(30)14-24(15-20(23)31)8-10-29(11-9-24)21(32)6-7-25(26,27)28/h12-13,23H,6-11,14-15H2,1-3H3. The number of rotatable bonds is 3. The first kappa shape index (κ1) is 24.0. The van der Waals surface area contributed by atoms with Crippen LogP contribution in [0.25, 0.3) is 0 Å². The van der Waals surface area contributed by atoms with Gasteiger partial charge in [-0.05, 0) is 67.9 Å². The predicted octanol–water partition coefficient (Wildman–Crippen LogP) is 4.64. The molecular weight excluding hydrogens is 419 g/mol. The van der Waals surface area contributed by atoms with E-state index in [1.807, 2.05) is 26.0 Å². The normalized spacial score (nSPS) is 19.1. The Hall–Kier alpha value is -2.62. The topological polar surface area (TPSA) is 54.5 Å². The highest BCUT2D eigenvalue weighted by Gasteiger charge is 2.47. The highest BCUT2D eigenvalue weighted by molar-refractivity contribution is 6.10. The van der Waals surface area contributed by atoms with Crippen LogP contribution in [0.5, 0.6) is 0 Å². The Balaban J connectivity index is 1.70. The molecule has 1 spiro atoms. The van der Waals surface area contributed by atoms with Crippen LogP contribution < -0.4 is 0 Å². The molecule has 2 fully saturated rings. The van der Waals surface area contributed by atoms with Crippen molar-refractivity contribution in [3.63, 3.8) is 0 Å². The molecule has 1 aliphatic heterocycles. The molecule has 1 saturated heterocycles. The molecule has 0 atom stereocenters. The summed E-state index contributed by atoms with van der Waals surface area (Å²) in [6.07, 6.45) is -4.63. The zero-order valence-corrected chi connectivity index (χ0v) is 18.7. The van der Waals surface area contributed by atoms with Gasteiger partial charge in [-0.2, -0.15) is 13.2 Å². The molecule has 32 heavy (non-hydrogen) atoms. The van der Waals surface area contributed by atoms with E-state index in [1.165, 1.54) is 4.90 Å². The summed E-state index contributed by atoms with van der Waals surface area (Å²) in [5, 5.41) is 0. The van der Waals surface area contributed by atoms with Gasteiger partial charge in [-0.25, -0.2) is 0 Å². The van der Waals surface area contributed by atoms with Crippen LogP contribution in [0.15, 0.2) is 12.1 Å². The van der Waals surface area contributed by atoms with E-state index in [-0.39, 0.29) is 37.5 Å². The van der Waals surface area contributed by atoms with Crippen molar-refractivity contribution in [1.82, 2.24) is 4.90 Å². The highest BCUT2D eigenvalue weighted by atomic mass is 19.4. The molecule has 1 aromatic rings. The average molecular weight is 447 g/mol. The molecule has 0 unspecified atom stereocenters. The van der Waals surface area contributed by atoms with Crippen molar-refractivity contribution in [3.05, 3.63) is 34.4 Å². The molecule has 2 aliphatic rings. The van der Waals surface area contributed by atoms with Crippen LogP contribution >= 0.6 is 0 Å². The monoisotopic (exact) mass is 447 g/mol. The first-order chi connectivity index (χ1) is 14.9. The van der Waals surface area contributed by atoms with Gasteiger partial charge in [-0.1, -0.05) is 5.92 Å². The third-order valence-corrected chi connectivity index (χ3v) is 6.69. The minimum atomic E-state index is -4.36. The molecule has 0 aromatic heterocycles. The maximum Gasteiger partial charge on any atom is 0.389 e. The van der Waals surface area contributed by atoms with Gasteiger partial charge in [0.25, 0.3) is 0 Å². The van der Waals surface area contributed by atoms with E-state index in [0.717, 1.165) is 22.3 Å². The Morgan fingerprint density at radius 2 is 1.62 bits per heavy atom. The van der Waals surface area contributed by atoms with Crippen molar-refractivity contribution in [1.29, 1.82) is 0 Å². The van der Waals surface area contributed by atoms with Crippen molar-refractivity contribution in [2.24, 2.45) is 5.41 Å². The summed E-state index contributed by atoms with van der Waals surface area (Å²) in [6, 6.07) is 3.80. The van der Waals surface area contributed by atoms with Crippen LogP contribution in [-0.2, 0) is 14.4 Å². The molecule has 0 N–H and O–H groups in total. The number of hydrogen-bond donors (Lipinski definition) is 0. The molecule has 7 heteroatoms. The zero-order chi connectivity index (χ0) is 23.7. The number of carbonyl (C=O) groups is 3. The number of hydrogen-bond acceptors (Lipinski definition) is 3. The van der Waals surface area contributed by atoms with E-state index in [2.05, 4.69) is 11.8 Å². The summed E-state index contributed by atoms with van der Waals surface area (Å²) in [5.41, 5.74) is 2.85. The fourth-order valence-electron chi connectivity index (χ4n) is 5.14. The molecule has 1 amide bonds. The Bertz CT molecular complexity index is 949. The number of aryl methyl sites for hydroxylation is 2. The maximum absolute atomic E-state index is 13.2. The van der Waals surface area contributed by atoms with Crippen LogP contribution in [0.1, 0.15) is 73.6 Å². The number of alkyl halides is 3. The SMILES string of the molecule is CC#Cc1cc(C)c(C2C(=O)CC3(CCN(C(=O)CCC(F)(F)F)CC3)CC2=O)c(C)c1. The third-order valence-electron chi connectivity index (χ3n) is 6.69. The largest absolute Gasteiger partial charge is 0.389 e. The maximum atomic E-state index is 13.2. The van der Waals surface area contributed by atoms with E-state index < -0.39 is 36.3 Å². The summed E-state index contributed by atoms with van der Waals surface area (Å²) in [6.45, 7) is 6.09. The second-order valence-corrected chi connectivity index (χ2v) is 9.11. The van der Waals surface area contributed by atoms with Gasteiger partial charge in [0.1, 0.15) is 17.5 Å². The van der Waals surface area contributed by atoms with E-state index in [0.29, 0.717) is 12.8 Å². The van der Waals surface area contributed by atoms with Crippen molar-refractivity contribution in [2.75, 3.05) is 13.1 Å². The van der Waals surface area contributed by atoms with Crippen molar-refractivity contribution in [2.45, 2.75) is 71.4 Å². The smallest absolute Gasteiger partial charge is 0.343 e. The second kappa shape index (κ2) is 9.09. The summed E-state index contributed by atoms with van der Waals surface area (Å²) >= 11 is 0. The lowest BCUT2D eigenvalue weighted by Crippen LogP contribution is -2.48. The fraction of sp³-hybridized carbons (Fsp3) is 0.560. The summed E-state index contributed by atoms with van der Waals surface area (Å²) in [4.78, 5) is 39.9. The van der Waals surface area contributed by atoms with Gasteiger partial charge in [0.05, 0.1) is 6.42 Å². The number of carbonyl (C=O) groups excluding carboxylic acids is 3. The van der Waals surface area contributed by atoms with Crippen LogP contribution in [0, 0.1) is 31.1 Å². The molecule has 1 aromatic carbocycles. The number of nitrogens with zero attached hydrogens (tertiary/aromatic N) is 1. The minimum Gasteiger partial charge on any atom is -0.343 e. The number of halogens is 3. The second-order valence-electron chi connectivity index (χ2n) is 9.11. The lowest BCUT2D eigenvalue weighted by molar-refractivity contribution is -0.151. The number of benzene rings is 1. The summed E-state index contributed by atoms with van der Waals surface area (Å²) in [5.74, 6) is 4.33. The van der Waals surface area contributed by atoms with Gasteiger partial charge in [-0.3, -0.25) is 14.4 Å². The Labute approximate surface area is 186 Å². The average Bonchev–Trinajstić information content (AvgIpc) is 2.68. The van der Waals surface area contributed by atoms with Crippen LogP contribution in [0.2, 0.25) is 0 Å². The van der Waals surface area contributed by atoms with E-state index in [1.54, 1.807) is 6.92 Å². The molecule has 1 aliphatic carbocycles. The van der Waals surface area contributed by atoms with Gasteiger partial charge in [0.2, 0.25) is 5.91 Å². The van der Waals surface area contributed by atoms with E-state index in [9.17, 15) is 27.6 Å². The third kappa shape index (κ3) is 5.23. The number of ketones is 2. The summed E-state index contributed by atoms with van der Waals surface area (Å²) in [7, 11) is 0. The van der Waals surface area contributed by atoms with Crippen molar-refractivity contribution < 1.29 is 27.6 Å². The molecule has 3 rings (SSSR count). The number of piperidine rings is 1. The minimum absolute atomic E-state index is 0.112. The van der Waals surface area contributed by atoms with Crippen LogP contribution in [0.4, 0.5) is 13.2 Å². The number of likely N-dealkylation sites (tertiary alicyclic amines) is 1. The fourth-order valence-corrected chi connectivity index (χ4v) is 5.14. The molecule has 1 heterocycles. The molecule has 4 nitrogen and oxygen atoms in total. The molecule has 1 saturated carbocycles. The molecule has 172 valence electrons. The van der Waals surface area contributed by atoms with E-state index >= 15 is 0 Å². The first-order valence-electron chi connectivity index (χ1n) is 10.9. The van der Waals surface area contributed by atoms with Crippen LogP contribution in [-0.4, -0.2) is 41.6 Å². The predicted molar refractivity (Wildman–Crippen MR) is 114 cm³/mol. The van der Waals surface area contributed by atoms with Gasteiger partial charge in [0.15, 0.2) is 0 Å². The number of amides is 1. The van der Waals surface area contributed by atoms with E-state index in [4.69, 9.17) is 0 Å². The molecule has 0 bridgehead atoms. The Morgan fingerprint density at radius 3 is 2.09 bits per heavy atom. The van der Waals surface area contributed by atoms with Gasteiger partial charge < -0.3 is 4.90 Å². The van der Waals surface area contributed by atoms with Crippen molar-refractivity contribution >= 4 is 17.5 Å². The first-order valence-corrected chi connectivity index (χ1v) is 10.9. The Kier molecular flexibility index (Phi) is 6.83. The lowest BCUT2D eigenvalue weighted by atomic mass is 9.62.